The van der Waals surface area contributed by atoms with E-state index >= 15 is 0 Å². The van der Waals surface area contributed by atoms with Gasteiger partial charge in [-0.15, -0.1) is 0 Å². The molecule has 0 spiro atoms. The van der Waals surface area contributed by atoms with Crippen molar-refractivity contribution in [2.45, 2.75) is 16.9 Å². The number of rotatable bonds is 6. The first-order valence-corrected chi connectivity index (χ1v) is 8.62. The third-order valence-electron chi connectivity index (χ3n) is 3.48. The second-order valence-corrected chi connectivity index (χ2v) is 6.44. The van der Waals surface area contributed by atoms with E-state index in [1.54, 1.807) is 12.1 Å². The van der Waals surface area contributed by atoms with E-state index in [-0.39, 0.29) is 18.2 Å². The Morgan fingerprint density at radius 2 is 1.84 bits per heavy atom. The van der Waals surface area contributed by atoms with Crippen molar-refractivity contribution in [1.82, 2.24) is 10.3 Å². The first-order chi connectivity index (χ1) is 12.2. The van der Waals surface area contributed by atoms with Crippen molar-refractivity contribution in [1.29, 1.82) is 0 Å². The summed E-state index contributed by atoms with van der Waals surface area (Å²) in [4.78, 5) is 28.7. The Hall–Kier alpha value is -2.80. The van der Waals surface area contributed by atoms with E-state index in [1.807, 2.05) is 42.5 Å². The number of para-hydroxylation sites is 3. The van der Waals surface area contributed by atoms with Gasteiger partial charge in [-0.05, 0) is 24.3 Å². The smallest absolute Gasteiger partial charge is 0.257 e. The molecular weight excluding hydrogens is 338 g/mol. The number of amides is 2. The van der Waals surface area contributed by atoms with Crippen molar-refractivity contribution in [3.63, 3.8) is 0 Å². The van der Waals surface area contributed by atoms with E-state index < -0.39 is 5.25 Å². The molecule has 2 N–H and O–H groups in total. The van der Waals surface area contributed by atoms with Crippen LogP contribution in [-0.2, 0) is 9.59 Å². The van der Waals surface area contributed by atoms with Gasteiger partial charge in [0.25, 0.3) is 5.22 Å². The van der Waals surface area contributed by atoms with Gasteiger partial charge >= 0.3 is 0 Å². The zero-order chi connectivity index (χ0) is 17.6. The quantitative estimate of drug-likeness (QED) is 0.664. The molecule has 0 aliphatic carbocycles. The van der Waals surface area contributed by atoms with Crippen LogP contribution in [0.2, 0.25) is 0 Å². The molecule has 0 aliphatic rings. The van der Waals surface area contributed by atoms with Crippen LogP contribution < -0.4 is 10.6 Å². The van der Waals surface area contributed by atoms with E-state index in [1.165, 1.54) is 7.05 Å². The highest BCUT2D eigenvalue weighted by molar-refractivity contribution is 8.00. The fourth-order valence-corrected chi connectivity index (χ4v) is 3.27. The summed E-state index contributed by atoms with van der Waals surface area (Å²) < 4.78 is 5.63. The highest BCUT2D eigenvalue weighted by atomic mass is 32.2. The van der Waals surface area contributed by atoms with Gasteiger partial charge < -0.3 is 15.1 Å². The highest BCUT2D eigenvalue weighted by Crippen LogP contribution is 2.28. The van der Waals surface area contributed by atoms with Crippen LogP contribution in [0.3, 0.4) is 0 Å². The molecule has 1 heterocycles. The summed E-state index contributed by atoms with van der Waals surface area (Å²) in [6.45, 7) is 0. The summed E-state index contributed by atoms with van der Waals surface area (Å²) >= 11 is 1.14. The molecule has 0 saturated heterocycles. The van der Waals surface area contributed by atoms with Crippen LogP contribution in [0.25, 0.3) is 11.1 Å². The van der Waals surface area contributed by atoms with Crippen LogP contribution in [0.15, 0.2) is 64.2 Å². The molecule has 2 aromatic carbocycles. The van der Waals surface area contributed by atoms with Gasteiger partial charge in [0.2, 0.25) is 11.8 Å². The van der Waals surface area contributed by atoms with Crippen LogP contribution in [-0.4, -0.2) is 29.1 Å². The number of benzene rings is 2. The minimum absolute atomic E-state index is 0.0119. The maximum Gasteiger partial charge on any atom is 0.257 e. The topological polar surface area (TPSA) is 84.2 Å². The van der Waals surface area contributed by atoms with E-state index in [2.05, 4.69) is 15.6 Å². The summed E-state index contributed by atoms with van der Waals surface area (Å²) in [5.41, 5.74) is 2.05. The molecule has 3 aromatic rings. The number of carbonyl (C=O) groups excluding carboxylic acids is 2. The predicted octanol–water partition coefficient (Wildman–Crippen LogP) is 3.06. The van der Waals surface area contributed by atoms with Gasteiger partial charge in [0.05, 0.1) is 0 Å². The van der Waals surface area contributed by atoms with Crippen LogP contribution >= 0.6 is 11.8 Å². The Kier molecular flexibility index (Phi) is 5.35. The minimum atomic E-state index is -0.637. The van der Waals surface area contributed by atoms with Gasteiger partial charge in [0.15, 0.2) is 5.58 Å². The molecule has 2 amide bonds. The SMILES string of the molecule is CNC(=O)C(CC(=O)Nc1ccccc1)Sc1nc2ccccc2o1. The zero-order valence-corrected chi connectivity index (χ0v) is 14.4. The summed E-state index contributed by atoms with van der Waals surface area (Å²) in [6, 6.07) is 16.5. The lowest BCUT2D eigenvalue weighted by Gasteiger charge is -2.13. The number of hydrogen-bond acceptors (Lipinski definition) is 5. The lowest BCUT2D eigenvalue weighted by atomic mass is 10.2. The molecule has 0 saturated carbocycles. The Labute approximate surface area is 149 Å². The summed E-state index contributed by atoms with van der Waals surface area (Å²) in [6.07, 6.45) is 0.0119. The Morgan fingerprint density at radius 3 is 2.56 bits per heavy atom. The third-order valence-corrected chi connectivity index (χ3v) is 4.53. The largest absolute Gasteiger partial charge is 0.431 e. The van der Waals surface area contributed by atoms with Crippen LogP contribution in [0, 0.1) is 0 Å². The number of carbonyl (C=O) groups is 2. The van der Waals surface area contributed by atoms with Crippen molar-refractivity contribution < 1.29 is 14.0 Å². The average Bonchev–Trinajstić information content (AvgIpc) is 3.03. The van der Waals surface area contributed by atoms with Gasteiger partial charge in [0, 0.05) is 19.2 Å². The lowest BCUT2D eigenvalue weighted by Crippen LogP contribution is -2.32. The van der Waals surface area contributed by atoms with Gasteiger partial charge in [-0.25, -0.2) is 4.98 Å². The fourth-order valence-electron chi connectivity index (χ4n) is 2.27. The first-order valence-electron chi connectivity index (χ1n) is 7.74. The highest BCUT2D eigenvalue weighted by Gasteiger charge is 2.25. The van der Waals surface area contributed by atoms with Crippen molar-refractivity contribution in [3.8, 4) is 0 Å². The minimum Gasteiger partial charge on any atom is -0.431 e. The van der Waals surface area contributed by atoms with Crippen molar-refractivity contribution >= 4 is 40.4 Å². The second-order valence-electron chi connectivity index (χ2n) is 5.29. The van der Waals surface area contributed by atoms with E-state index in [0.29, 0.717) is 16.5 Å². The molecular formula is C18H17N3O3S. The third kappa shape index (κ3) is 4.39. The molecule has 25 heavy (non-hydrogen) atoms. The molecule has 0 fully saturated rings. The summed E-state index contributed by atoms with van der Waals surface area (Å²) in [5, 5.41) is 5.09. The molecule has 7 heteroatoms. The molecule has 128 valence electrons. The fraction of sp³-hybridized carbons (Fsp3) is 0.167. The normalized spacial score (nSPS) is 11.9. The van der Waals surface area contributed by atoms with Gasteiger partial charge in [-0.3, -0.25) is 9.59 Å². The van der Waals surface area contributed by atoms with Gasteiger partial charge in [0.1, 0.15) is 10.8 Å². The van der Waals surface area contributed by atoms with Gasteiger partial charge in [-0.2, -0.15) is 0 Å². The van der Waals surface area contributed by atoms with Crippen molar-refractivity contribution in [2.24, 2.45) is 0 Å². The monoisotopic (exact) mass is 355 g/mol. The average molecular weight is 355 g/mol. The van der Waals surface area contributed by atoms with Gasteiger partial charge in [-0.1, -0.05) is 42.1 Å². The molecule has 3 rings (SSSR count). The van der Waals surface area contributed by atoms with Crippen molar-refractivity contribution in [2.75, 3.05) is 12.4 Å². The molecule has 1 unspecified atom stereocenters. The number of aromatic nitrogens is 1. The number of anilines is 1. The first kappa shape index (κ1) is 17.0. The van der Waals surface area contributed by atoms with Crippen LogP contribution in [0.4, 0.5) is 5.69 Å². The second kappa shape index (κ2) is 7.85. The number of nitrogens with one attached hydrogen (secondary N) is 2. The molecule has 6 nitrogen and oxygen atoms in total. The van der Waals surface area contributed by atoms with E-state index in [4.69, 9.17) is 4.42 Å². The number of thioether (sulfide) groups is 1. The molecule has 0 aliphatic heterocycles. The zero-order valence-electron chi connectivity index (χ0n) is 13.6. The molecule has 0 bridgehead atoms. The van der Waals surface area contributed by atoms with Crippen LogP contribution in [0.5, 0.6) is 0 Å². The van der Waals surface area contributed by atoms with Crippen molar-refractivity contribution in [3.05, 3.63) is 54.6 Å². The predicted molar refractivity (Wildman–Crippen MR) is 97.4 cm³/mol. The molecule has 0 radical (unpaired) electrons. The number of hydrogen-bond donors (Lipinski definition) is 2. The standard InChI is InChI=1S/C18H17N3O3S/c1-19-17(23)15(11-16(22)20-12-7-3-2-4-8-12)25-18-21-13-9-5-6-10-14(13)24-18/h2-10,15H,11H2,1H3,(H,19,23)(H,20,22). The van der Waals surface area contributed by atoms with E-state index in [9.17, 15) is 9.59 Å². The Bertz CT molecular complexity index is 846. The van der Waals surface area contributed by atoms with Crippen LogP contribution in [0.1, 0.15) is 6.42 Å². The summed E-state index contributed by atoms with van der Waals surface area (Å²) in [5.74, 6) is -0.501. The molecule has 1 aromatic heterocycles. The lowest BCUT2D eigenvalue weighted by molar-refractivity contribution is -0.123. The Morgan fingerprint density at radius 1 is 1.12 bits per heavy atom. The van der Waals surface area contributed by atoms with E-state index in [0.717, 1.165) is 17.3 Å². The number of nitrogens with zero attached hydrogens (tertiary/aromatic N) is 1. The molecule has 1 atom stereocenters. The summed E-state index contributed by atoms with van der Waals surface area (Å²) in [7, 11) is 1.54. The maximum absolute atomic E-state index is 12.3. The maximum atomic E-state index is 12.3. The Balaban J connectivity index is 1.71. The number of oxazole rings is 1. The number of fused-ring (bicyclic) bond motifs is 1.